The Balaban J connectivity index is 1.63. The smallest absolute Gasteiger partial charge is 0.289 e. The molecule has 6 nitrogen and oxygen atoms in total. The minimum Gasteiger partial charge on any atom is -0.456 e. The van der Waals surface area contributed by atoms with Crippen molar-refractivity contribution >= 4 is 5.91 Å². The average molecular weight is 331 g/mol. The van der Waals surface area contributed by atoms with E-state index in [0.29, 0.717) is 12.3 Å². The molecule has 2 aromatic rings. The fraction of sp³-hybridized carbons (Fsp3) is 0.556. The van der Waals surface area contributed by atoms with Gasteiger partial charge in [0, 0.05) is 38.3 Å². The predicted molar refractivity (Wildman–Crippen MR) is 90.0 cm³/mol. The number of nitrogens with zero attached hydrogens (tertiary/aromatic N) is 3. The molecule has 1 amide bonds. The number of aromatic nitrogens is 1. The largest absolute Gasteiger partial charge is 0.456 e. The zero-order valence-electron chi connectivity index (χ0n) is 14.9. The highest BCUT2D eigenvalue weighted by Gasteiger charge is 2.24. The summed E-state index contributed by atoms with van der Waals surface area (Å²) in [7, 11) is 0. The summed E-state index contributed by atoms with van der Waals surface area (Å²) in [6.45, 7) is 11.9. The lowest BCUT2D eigenvalue weighted by molar-refractivity contribution is 0.0727. The van der Waals surface area contributed by atoms with Crippen molar-refractivity contribution in [2.24, 2.45) is 0 Å². The van der Waals surface area contributed by atoms with Gasteiger partial charge in [0.15, 0.2) is 5.76 Å². The molecule has 0 bridgehead atoms. The summed E-state index contributed by atoms with van der Waals surface area (Å²) in [5.41, 5.74) is 3.13. The van der Waals surface area contributed by atoms with Crippen LogP contribution in [0.4, 0.5) is 0 Å². The molecule has 0 spiro atoms. The summed E-state index contributed by atoms with van der Waals surface area (Å²) in [5.74, 6) is 2.13. The SMILES string of the molecule is Cc1cc(C(=O)N2CCCN(Cc3c(C)noc3C)CC2)oc1C. The third kappa shape index (κ3) is 3.38. The van der Waals surface area contributed by atoms with Crippen LogP contribution in [0.5, 0.6) is 0 Å². The molecule has 0 radical (unpaired) electrons. The van der Waals surface area contributed by atoms with Crippen LogP contribution in [0.3, 0.4) is 0 Å². The van der Waals surface area contributed by atoms with Gasteiger partial charge in [0.2, 0.25) is 0 Å². The van der Waals surface area contributed by atoms with Crippen molar-refractivity contribution in [1.29, 1.82) is 0 Å². The van der Waals surface area contributed by atoms with Crippen LogP contribution in [0.1, 0.15) is 45.3 Å². The first-order valence-electron chi connectivity index (χ1n) is 8.46. The lowest BCUT2D eigenvalue weighted by Crippen LogP contribution is -2.35. The Morgan fingerprint density at radius 2 is 1.92 bits per heavy atom. The molecule has 1 aliphatic rings. The van der Waals surface area contributed by atoms with Crippen LogP contribution in [-0.2, 0) is 6.54 Å². The lowest BCUT2D eigenvalue weighted by Gasteiger charge is -2.21. The number of furan rings is 1. The zero-order chi connectivity index (χ0) is 17.3. The lowest BCUT2D eigenvalue weighted by atomic mass is 10.2. The third-order valence-electron chi connectivity index (χ3n) is 4.82. The Morgan fingerprint density at radius 1 is 1.12 bits per heavy atom. The van der Waals surface area contributed by atoms with Gasteiger partial charge in [-0.15, -0.1) is 0 Å². The number of amides is 1. The third-order valence-corrected chi connectivity index (χ3v) is 4.82. The second-order valence-corrected chi connectivity index (χ2v) is 6.57. The Kier molecular flexibility index (Phi) is 4.76. The van der Waals surface area contributed by atoms with Crippen LogP contribution in [0.15, 0.2) is 15.0 Å². The fourth-order valence-electron chi connectivity index (χ4n) is 3.12. The van der Waals surface area contributed by atoms with Gasteiger partial charge in [-0.2, -0.15) is 0 Å². The first-order valence-corrected chi connectivity index (χ1v) is 8.46. The molecule has 1 saturated heterocycles. The molecule has 24 heavy (non-hydrogen) atoms. The summed E-state index contributed by atoms with van der Waals surface area (Å²) in [6.07, 6.45) is 0.952. The molecule has 6 heteroatoms. The Labute approximate surface area is 142 Å². The molecule has 130 valence electrons. The number of rotatable bonds is 3. The second kappa shape index (κ2) is 6.81. The zero-order valence-corrected chi connectivity index (χ0v) is 14.9. The molecule has 0 N–H and O–H groups in total. The number of hydrogen-bond donors (Lipinski definition) is 0. The molecule has 0 aliphatic carbocycles. The van der Waals surface area contributed by atoms with Gasteiger partial charge in [-0.1, -0.05) is 5.16 Å². The number of aryl methyl sites for hydroxylation is 4. The van der Waals surface area contributed by atoms with Crippen LogP contribution in [-0.4, -0.2) is 47.0 Å². The summed E-state index contributed by atoms with van der Waals surface area (Å²) in [4.78, 5) is 16.9. The van der Waals surface area contributed by atoms with Crippen molar-refractivity contribution in [2.45, 2.75) is 40.7 Å². The molecule has 3 rings (SSSR count). The van der Waals surface area contributed by atoms with E-state index in [1.54, 1.807) is 0 Å². The molecule has 3 heterocycles. The quantitative estimate of drug-likeness (QED) is 0.865. The van der Waals surface area contributed by atoms with E-state index in [1.807, 2.05) is 38.7 Å². The molecule has 1 fully saturated rings. The van der Waals surface area contributed by atoms with E-state index in [1.165, 1.54) is 0 Å². The topological polar surface area (TPSA) is 62.7 Å². The standard InChI is InChI=1S/C18H25N3O3/c1-12-10-17(23-14(12)3)18(22)21-7-5-6-20(8-9-21)11-16-13(2)19-24-15(16)4/h10H,5-9,11H2,1-4H3. The van der Waals surface area contributed by atoms with E-state index in [-0.39, 0.29) is 5.91 Å². The van der Waals surface area contributed by atoms with E-state index < -0.39 is 0 Å². The van der Waals surface area contributed by atoms with Crippen molar-refractivity contribution in [1.82, 2.24) is 15.0 Å². The first-order chi connectivity index (χ1) is 11.5. The van der Waals surface area contributed by atoms with Crippen molar-refractivity contribution in [3.05, 3.63) is 40.2 Å². The van der Waals surface area contributed by atoms with Crippen LogP contribution in [0, 0.1) is 27.7 Å². The van der Waals surface area contributed by atoms with Crippen molar-refractivity contribution < 1.29 is 13.7 Å². The highest BCUT2D eigenvalue weighted by atomic mass is 16.5. The minimum atomic E-state index is -0.00890. The van der Waals surface area contributed by atoms with Crippen LogP contribution in [0.25, 0.3) is 0 Å². The maximum absolute atomic E-state index is 12.6. The number of carbonyl (C=O) groups is 1. The van der Waals surface area contributed by atoms with Gasteiger partial charge in [-0.25, -0.2) is 0 Å². The van der Waals surface area contributed by atoms with Crippen molar-refractivity contribution in [2.75, 3.05) is 26.2 Å². The van der Waals surface area contributed by atoms with Gasteiger partial charge in [0.05, 0.1) is 5.69 Å². The predicted octanol–water partition coefficient (Wildman–Crippen LogP) is 2.85. The second-order valence-electron chi connectivity index (χ2n) is 6.57. The van der Waals surface area contributed by atoms with Crippen LogP contribution >= 0.6 is 0 Å². The maximum atomic E-state index is 12.6. The summed E-state index contributed by atoms with van der Waals surface area (Å²) in [5, 5.41) is 4.02. The number of carbonyl (C=O) groups excluding carboxylic acids is 1. The van der Waals surface area contributed by atoms with Gasteiger partial charge in [0.1, 0.15) is 11.5 Å². The summed E-state index contributed by atoms with van der Waals surface area (Å²) >= 11 is 0. The van der Waals surface area contributed by atoms with E-state index in [2.05, 4.69) is 10.1 Å². The van der Waals surface area contributed by atoms with Gasteiger partial charge in [-0.3, -0.25) is 9.69 Å². The molecular formula is C18H25N3O3. The van der Waals surface area contributed by atoms with E-state index in [0.717, 1.165) is 60.9 Å². The minimum absolute atomic E-state index is 0.00890. The van der Waals surface area contributed by atoms with Gasteiger partial charge < -0.3 is 13.8 Å². The molecule has 0 aromatic carbocycles. The Bertz CT molecular complexity index is 693. The first kappa shape index (κ1) is 16.8. The monoisotopic (exact) mass is 331 g/mol. The van der Waals surface area contributed by atoms with Crippen LogP contribution < -0.4 is 0 Å². The summed E-state index contributed by atoms with van der Waals surface area (Å²) < 4.78 is 10.8. The molecule has 0 atom stereocenters. The molecular weight excluding hydrogens is 306 g/mol. The highest BCUT2D eigenvalue weighted by Crippen LogP contribution is 2.19. The van der Waals surface area contributed by atoms with E-state index >= 15 is 0 Å². The maximum Gasteiger partial charge on any atom is 0.289 e. The van der Waals surface area contributed by atoms with Gasteiger partial charge >= 0.3 is 0 Å². The van der Waals surface area contributed by atoms with E-state index in [4.69, 9.17) is 8.94 Å². The van der Waals surface area contributed by atoms with Crippen LogP contribution in [0.2, 0.25) is 0 Å². The van der Waals surface area contributed by atoms with Crippen molar-refractivity contribution in [3.63, 3.8) is 0 Å². The normalized spacial score (nSPS) is 16.4. The van der Waals surface area contributed by atoms with Gasteiger partial charge in [0.25, 0.3) is 5.91 Å². The molecule has 0 saturated carbocycles. The van der Waals surface area contributed by atoms with E-state index in [9.17, 15) is 4.79 Å². The molecule has 0 unspecified atom stereocenters. The van der Waals surface area contributed by atoms with Gasteiger partial charge in [-0.05, 0) is 45.7 Å². The Morgan fingerprint density at radius 3 is 2.54 bits per heavy atom. The highest BCUT2D eigenvalue weighted by molar-refractivity contribution is 5.91. The number of hydrogen-bond acceptors (Lipinski definition) is 5. The fourth-order valence-corrected chi connectivity index (χ4v) is 3.12. The molecule has 1 aliphatic heterocycles. The average Bonchev–Trinajstić information content (AvgIpc) is 2.95. The van der Waals surface area contributed by atoms with Crippen molar-refractivity contribution in [3.8, 4) is 0 Å². The Hall–Kier alpha value is -2.08. The summed E-state index contributed by atoms with van der Waals surface area (Å²) in [6, 6.07) is 1.84. The molecule has 2 aromatic heterocycles.